The summed E-state index contributed by atoms with van der Waals surface area (Å²) in [5.74, 6) is 0.586. The number of aromatic nitrogens is 1. The summed E-state index contributed by atoms with van der Waals surface area (Å²) in [5, 5.41) is 2.84. The van der Waals surface area contributed by atoms with Gasteiger partial charge in [0.05, 0.1) is 5.69 Å². The summed E-state index contributed by atoms with van der Waals surface area (Å²) in [6.45, 7) is 1.78. The van der Waals surface area contributed by atoms with E-state index in [4.69, 9.17) is 10.5 Å². The number of hydrogen-bond acceptors (Lipinski definition) is 5. The van der Waals surface area contributed by atoms with Crippen LogP contribution in [0.5, 0.6) is 5.75 Å². The number of anilines is 1. The SMILES string of the molecule is CN(C)CCOc1ccc(NC(=O)c2ccnc(CN)c2)cc1.Cl.Cl. The van der Waals surface area contributed by atoms with E-state index in [-0.39, 0.29) is 30.7 Å². The van der Waals surface area contributed by atoms with Gasteiger partial charge in [-0.25, -0.2) is 0 Å². The Hall–Kier alpha value is -1.86. The Labute approximate surface area is 160 Å². The summed E-state index contributed by atoms with van der Waals surface area (Å²) >= 11 is 0. The van der Waals surface area contributed by atoms with Gasteiger partial charge in [-0.05, 0) is 50.5 Å². The number of rotatable bonds is 7. The number of carbonyl (C=O) groups excluding carboxylic acids is 1. The lowest BCUT2D eigenvalue weighted by atomic mass is 10.2. The van der Waals surface area contributed by atoms with E-state index in [0.29, 0.717) is 30.1 Å². The number of amides is 1. The van der Waals surface area contributed by atoms with Crippen LogP contribution in [0.3, 0.4) is 0 Å². The molecule has 0 fully saturated rings. The largest absolute Gasteiger partial charge is 0.492 e. The van der Waals surface area contributed by atoms with Crippen molar-refractivity contribution in [3.63, 3.8) is 0 Å². The van der Waals surface area contributed by atoms with Gasteiger partial charge in [-0.3, -0.25) is 9.78 Å². The number of hydrogen-bond donors (Lipinski definition) is 2. The highest BCUT2D eigenvalue weighted by atomic mass is 35.5. The van der Waals surface area contributed by atoms with Crippen molar-refractivity contribution in [2.45, 2.75) is 6.54 Å². The molecule has 0 aliphatic carbocycles. The third-order valence-corrected chi connectivity index (χ3v) is 3.21. The van der Waals surface area contributed by atoms with Crippen molar-refractivity contribution in [2.24, 2.45) is 5.73 Å². The van der Waals surface area contributed by atoms with Crippen LogP contribution in [0.2, 0.25) is 0 Å². The third kappa shape index (κ3) is 7.70. The molecule has 1 aromatic heterocycles. The second kappa shape index (κ2) is 11.7. The van der Waals surface area contributed by atoms with Crippen LogP contribution in [0.4, 0.5) is 5.69 Å². The van der Waals surface area contributed by atoms with E-state index in [0.717, 1.165) is 12.3 Å². The Morgan fingerprint density at radius 1 is 1.20 bits per heavy atom. The summed E-state index contributed by atoms with van der Waals surface area (Å²) in [6.07, 6.45) is 1.58. The minimum absolute atomic E-state index is 0. The van der Waals surface area contributed by atoms with E-state index < -0.39 is 0 Å². The number of ether oxygens (including phenoxy) is 1. The smallest absolute Gasteiger partial charge is 0.255 e. The molecule has 0 saturated carbocycles. The Balaban J connectivity index is 0.00000288. The first-order chi connectivity index (χ1) is 11.1. The van der Waals surface area contributed by atoms with Gasteiger partial charge in [-0.2, -0.15) is 0 Å². The predicted molar refractivity (Wildman–Crippen MR) is 105 cm³/mol. The van der Waals surface area contributed by atoms with Crippen LogP contribution >= 0.6 is 24.8 Å². The molecule has 2 rings (SSSR count). The first-order valence-corrected chi connectivity index (χ1v) is 7.42. The third-order valence-electron chi connectivity index (χ3n) is 3.21. The maximum absolute atomic E-state index is 12.2. The fourth-order valence-electron chi connectivity index (χ4n) is 1.91. The van der Waals surface area contributed by atoms with Crippen LogP contribution in [-0.4, -0.2) is 43.0 Å². The van der Waals surface area contributed by atoms with Crippen molar-refractivity contribution in [1.29, 1.82) is 0 Å². The lowest BCUT2D eigenvalue weighted by molar-refractivity contribution is 0.102. The predicted octanol–water partition coefficient (Wildman–Crippen LogP) is 2.58. The number of nitrogens with two attached hydrogens (primary N) is 1. The first-order valence-electron chi connectivity index (χ1n) is 7.42. The van der Waals surface area contributed by atoms with E-state index in [9.17, 15) is 4.79 Å². The summed E-state index contributed by atoms with van der Waals surface area (Å²) < 4.78 is 5.62. The van der Waals surface area contributed by atoms with Crippen molar-refractivity contribution in [3.05, 3.63) is 53.9 Å². The summed E-state index contributed by atoms with van der Waals surface area (Å²) in [7, 11) is 3.99. The van der Waals surface area contributed by atoms with Crippen molar-refractivity contribution in [3.8, 4) is 5.75 Å². The number of pyridine rings is 1. The molecular weight excluding hydrogens is 363 g/mol. The van der Waals surface area contributed by atoms with Crippen LogP contribution in [-0.2, 0) is 6.54 Å². The minimum atomic E-state index is -0.191. The molecule has 0 radical (unpaired) electrons. The van der Waals surface area contributed by atoms with Crippen LogP contribution in [0.1, 0.15) is 16.1 Å². The summed E-state index contributed by atoms with van der Waals surface area (Å²) in [6, 6.07) is 10.6. The van der Waals surface area contributed by atoms with Crippen LogP contribution in [0, 0.1) is 0 Å². The van der Waals surface area contributed by atoms with Crippen molar-refractivity contribution < 1.29 is 9.53 Å². The molecule has 1 amide bonds. The van der Waals surface area contributed by atoms with Gasteiger partial charge in [0.25, 0.3) is 5.91 Å². The normalized spacial score (nSPS) is 9.76. The van der Waals surface area contributed by atoms with E-state index >= 15 is 0 Å². The van der Waals surface area contributed by atoms with Gasteiger partial charge < -0.3 is 20.7 Å². The molecule has 1 heterocycles. The average Bonchev–Trinajstić information content (AvgIpc) is 2.56. The zero-order valence-electron chi connectivity index (χ0n) is 14.3. The average molecular weight is 387 g/mol. The molecule has 0 aliphatic rings. The molecule has 0 atom stereocenters. The van der Waals surface area contributed by atoms with Gasteiger partial charge in [0.2, 0.25) is 0 Å². The fourth-order valence-corrected chi connectivity index (χ4v) is 1.91. The quantitative estimate of drug-likeness (QED) is 0.763. The number of nitrogens with one attached hydrogen (secondary N) is 1. The Kier molecular flexibility index (Phi) is 10.8. The fraction of sp³-hybridized carbons (Fsp3) is 0.294. The number of likely N-dealkylation sites (N-methyl/N-ethyl adjacent to an activating group) is 1. The highest BCUT2D eigenvalue weighted by Gasteiger charge is 2.07. The number of halogens is 2. The molecule has 3 N–H and O–H groups in total. The molecule has 0 unspecified atom stereocenters. The number of carbonyl (C=O) groups is 1. The molecule has 8 heteroatoms. The zero-order chi connectivity index (χ0) is 16.7. The minimum Gasteiger partial charge on any atom is -0.492 e. The number of nitrogens with zero attached hydrogens (tertiary/aromatic N) is 2. The molecule has 6 nitrogen and oxygen atoms in total. The molecule has 2 aromatic rings. The van der Waals surface area contributed by atoms with E-state index in [1.165, 1.54) is 0 Å². The van der Waals surface area contributed by atoms with E-state index in [2.05, 4.69) is 15.2 Å². The van der Waals surface area contributed by atoms with Gasteiger partial charge >= 0.3 is 0 Å². The molecule has 0 spiro atoms. The molecule has 25 heavy (non-hydrogen) atoms. The molecule has 0 aliphatic heterocycles. The topological polar surface area (TPSA) is 80.5 Å². The highest BCUT2D eigenvalue weighted by molar-refractivity contribution is 6.04. The summed E-state index contributed by atoms with van der Waals surface area (Å²) in [5.41, 5.74) is 7.46. The van der Waals surface area contributed by atoms with Crippen molar-refractivity contribution in [2.75, 3.05) is 32.6 Å². The number of benzene rings is 1. The van der Waals surface area contributed by atoms with Crippen LogP contribution in [0.25, 0.3) is 0 Å². The van der Waals surface area contributed by atoms with Crippen LogP contribution < -0.4 is 15.8 Å². The van der Waals surface area contributed by atoms with Crippen molar-refractivity contribution >= 4 is 36.4 Å². The maximum Gasteiger partial charge on any atom is 0.255 e. The lowest BCUT2D eigenvalue weighted by Crippen LogP contribution is -2.19. The van der Waals surface area contributed by atoms with Crippen molar-refractivity contribution in [1.82, 2.24) is 9.88 Å². The van der Waals surface area contributed by atoms with Crippen LogP contribution in [0.15, 0.2) is 42.6 Å². The highest BCUT2D eigenvalue weighted by Crippen LogP contribution is 2.16. The molecular formula is C17H24Cl2N4O2. The molecule has 1 aromatic carbocycles. The second-order valence-corrected chi connectivity index (χ2v) is 5.37. The van der Waals surface area contributed by atoms with Gasteiger partial charge in [-0.1, -0.05) is 0 Å². The first kappa shape index (κ1) is 23.1. The second-order valence-electron chi connectivity index (χ2n) is 5.37. The van der Waals surface area contributed by atoms with Gasteiger partial charge in [-0.15, -0.1) is 24.8 Å². The molecule has 0 bridgehead atoms. The van der Waals surface area contributed by atoms with Gasteiger partial charge in [0.1, 0.15) is 12.4 Å². The van der Waals surface area contributed by atoms with E-state index in [1.807, 2.05) is 38.4 Å². The maximum atomic E-state index is 12.2. The van der Waals surface area contributed by atoms with Gasteiger partial charge in [0, 0.05) is 30.5 Å². The van der Waals surface area contributed by atoms with Gasteiger partial charge in [0.15, 0.2) is 0 Å². The Bertz CT molecular complexity index is 651. The standard InChI is InChI=1S/C17H22N4O2.2ClH/c1-21(2)9-10-23-16-5-3-14(4-6-16)20-17(22)13-7-8-19-15(11-13)12-18;;/h3-8,11H,9-10,12,18H2,1-2H3,(H,20,22);2*1H. The zero-order valence-corrected chi connectivity index (χ0v) is 15.9. The lowest BCUT2D eigenvalue weighted by Gasteiger charge is -2.11. The Morgan fingerprint density at radius 3 is 2.48 bits per heavy atom. The molecule has 138 valence electrons. The Morgan fingerprint density at radius 2 is 1.88 bits per heavy atom. The molecule has 0 saturated heterocycles. The monoisotopic (exact) mass is 386 g/mol. The van der Waals surface area contributed by atoms with E-state index in [1.54, 1.807) is 18.3 Å². The summed E-state index contributed by atoms with van der Waals surface area (Å²) in [4.78, 5) is 18.3.